The van der Waals surface area contributed by atoms with Crippen molar-refractivity contribution in [3.05, 3.63) is 34.9 Å². The minimum absolute atomic E-state index is 0.228. The van der Waals surface area contributed by atoms with Crippen LogP contribution >= 0.6 is 0 Å². The van der Waals surface area contributed by atoms with Crippen molar-refractivity contribution in [1.82, 2.24) is 4.90 Å². The van der Waals surface area contributed by atoms with Crippen LogP contribution in [0.2, 0.25) is 0 Å². The third-order valence-electron chi connectivity index (χ3n) is 4.23. The smallest absolute Gasteiger partial charge is 0.308 e. The zero-order valence-corrected chi connectivity index (χ0v) is 12.2. The van der Waals surface area contributed by atoms with Crippen LogP contribution < -0.4 is 0 Å². The van der Waals surface area contributed by atoms with Crippen LogP contribution in [0.15, 0.2) is 18.2 Å². The highest BCUT2D eigenvalue weighted by atomic mass is 16.4. The van der Waals surface area contributed by atoms with Gasteiger partial charge in [0.1, 0.15) is 0 Å². The maximum absolute atomic E-state index is 11.2. The molecule has 19 heavy (non-hydrogen) atoms. The summed E-state index contributed by atoms with van der Waals surface area (Å²) in [6, 6.07) is 6.86. The molecule has 0 amide bonds. The molecular formula is C16H23NO2. The largest absolute Gasteiger partial charge is 0.481 e. The number of carbonyl (C=O) groups is 1. The van der Waals surface area contributed by atoms with Gasteiger partial charge in [-0.2, -0.15) is 0 Å². The first kappa shape index (κ1) is 14.1. The highest BCUT2D eigenvalue weighted by Gasteiger charge is 2.36. The van der Waals surface area contributed by atoms with E-state index in [4.69, 9.17) is 0 Å². The molecule has 1 heterocycles. The number of hydrogen-bond donors (Lipinski definition) is 1. The van der Waals surface area contributed by atoms with Gasteiger partial charge in [0.2, 0.25) is 0 Å². The second-order valence-corrected chi connectivity index (χ2v) is 5.97. The van der Waals surface area contributed by atoms with E-state index in [0.717, 1.165) is 6.54 Å². The summed E-state index contributed by atoms with van der Waals surface area (Å²) in [4.78, 5) is 13.5. The summed E-state index contributed by atoms with van der Waals surface area (Å²) in [5.41, 5.74) is 3.82. The molecule has 1 aromatic carbocycles. The molecule has 1 unspecified atom stereocenters. The molecule has 1 aromatic rings. The molecule has 1 saturated heterocycles. The molecular weight excluding hydrogens is 238 g/mol. The lowest BCUT2D eigenvalue weighted by Crippen LogP contribution is -2.26. The standard InChI is InChI=1S/C16H23NO2/c1-10-5-11(2)7-14(6-10)13(4)17-8-12(3)15(9-17)16(18)19/h5-7,12-13,15H,8-9H2,1-4H3,(H,18,19)/t12-,13?,15-/m1/s1. The van der Waals surface area contributed by atoms with Gasteiger partial charge in [0, 0.05) is 19.1 Å². The number of aliphatic carboxylic acids is 1. The first-order valence-corrected chi connectivity index (χ1v) is 6.93. The Balaban J connectivity index is 2.16. The summed E-state index contributed by atoms with van der Waals surface area (Å²) in [6.45, 7) is 9.94. The van der Waals surface area contributed by atoms with Gasteiger partial charge in [-0.05, 0) is 32.3 Å². The van der Waals surface area contributed by atoms with Gasteiger partial charge in [0.25, 0.3) is 0 Å². The SMILES string of the molecule is Cc1cc(C)cc(C(C)N2C[C@@H](C)[C@H](C(=O)O)C2)c1. The van der Waals surface area contributed by atoms with Crippen molar-refractivity contribution in [2.24, 2.45) is 11.8 Å². The Morgan fingerprint density at radius 1 is 1.26 bits per heavy atom. The van der Waals surface area contributed by atoms with Crippen LogP contribution in [-0.2, 0) is 4.79 Å². The second kappa shape index (κ2) is 5.33. The van der Waals surface area contributed by atoms with E-state index in [0.29, 0.717) is 6.54 Å². The summed E-state index contributed by atoms with van der Waals surface area (Å²) in [6.07, 6.45) is 0. The van der Waals surface area contributed by atoms with Crippen LogP contribution in [-0.4, -0.2) is 29.1 Å². The number of carboxylic acids is 1. The number of carboxylic acid groups (broad SMARTS) is 1. The molecule has 1 aliphatic heterocycles. The number of benzene rings is 1. The van der Waals surface area contributed by atoms with Crippen LogP contribution in [0.5, 0.6) is 0 Å². The van der Waals surface area contributed by atoms with Crippen molar-refractivity contribution in [3.8, 4) is 0 Å². The Kier molecular flexibility index (Phi) is 3.95. The van der Waals surface area contributed by atoms with Gasteiger partial charge < -0.3 is 5.11 Å². The number of hydrogen-bond acceptors (Lipinski definition) is 2. The van der Waals surface area contributed by atoms with Gasteiger partial charge >= 0.3 is 5.97 Å². The third-order valence-corrected chi connectivity index (χ3v) is 4.23. The highest BCUT2D eigenvalue weighted by Crippen LogP contribution is 2.31. The number of nitrogens with zero attached hydrogens (tertiary/aromatic N) is 1. The summed E-state index contributed by atoms with van der Waals surface area (Å²) in [5, 5.41) is 9.22. The molecule has 0 spiro atoms. The van der Waals surface area contributed by atoms with E-state index in [1.165, 1.54) is 16.7 Å². The molecule has 3 atom stereocenters. The van der Waals surface area contributed by atoms with Gasteiger partial charge in [0.15, 0.2) is 0 Å². The normalized spacial score (nSPS) is 25.5. The predicted octanol–water partition coefficient (Wildman–Crippen LogP) is 3.02. The lowest BCUT2D eigenvalue weighted by Gasteiger charge is -2.25. The van der Waals surface area contributed by atoms with Crippen LogP contribution in [0.4, 0.5) is 0 Å². The first-order valence-electron chi connectivity index (χ1n) is 6.93. The van der Waals surface area contributed by atoms with E-state index in [1.54, 1.807) is 0 Å². The fraction of sp³-hybridized carbons (Fsp3) is 0.562. The third kappa shape index (κ3) is 2.98. The average molecular weight is 261 g/mol. The fourth-order valence-electron chi connectivity index (χ4n) is 3.10. The monoisotopic (exact) mass is 261 g/mol. The van der Waals surface area contributed by atoms with E-state index < -0.39 is 5.97 Å². The van der Waals surface area contributed by atoms with Gasteiger partial charge in [0.05, 0.1) is 5.92 Å². The summed E-state index contributed by atoms with van der Waals surface area (Å²) in [5.74, 6) is -0.665. The molecule has 3 heteroatoms. The highest BCUT2D eigenvalue weighted by molar-refractivity contribution is 5.71. The Bertz CT molecular complexity index is 463. The summed E-state index contributed by atoms with van der Waals surface area (Å²) >= 11 is 0. The number of likely N-dealkylation sites (tertiary alicyclic amines) is 1. The van der Waals surface area contributed by atoms with Crippen molar-refractivity contribution in [3.63, 3.8) is 0 Å². The molecule has 3 nitrogen and oxygen atoms in total. The van der Waals surface area contributed by atoms with Crippen molar-refractivity contribution in [2.45, 2.75) is 33.7 Å². The number of rotatable bonds is 3. The Morgan fingerprint density at radius 3 is 2.32 bits per heavy atom. The quantitative estimate of drug-likeness (QED) is 0.909. The lowest BCUT2D eigenvalue weighted by molar-refractivity contribution is -0.142. The molecule has 0 aliphatic carbocycles. The van der Waals surface area contributed by atoms with Crippen LogP contribution in [0, 0.1) is 25.7 Å². The predicted molar refractivity (Wildman–Crippen MR) is 76.2 cm³/mol. The fourth-order valence-corrected chi connectivity index (χ4v) is 3.10. The van der Waals surface area contributed by atoms with E-state index in [2.05, 4.69) is 43.9 Å². The maximum Gasteiger partial charge on any atom is 0.308 e. The zero-order valence-electron chi connectivity index (χ0n) is 12.2. The number of aryl methyl sites for hydroxylation is 2. The Labute approximate surface area is 115 Å². The van der Waals surface area contributed by atoms with E-state index >= 15 is 0 Å². The Hall–Kier alpha value is -1.35. The van der Waals surface area contributed by atoms with Crippen LogP contribution in [0.1, 0.15) is 36.6 Å². The minimum atomic E-state index is -0.664. The minimum Gasteiger partial charge on any atom is -0.481 e. The second-order valence-electron chi connectivity index (χ2n) is 5.97. The molecule has 1 fully saturated rings. The van der Waals surface area contributed by atoms with Gasteiger partial charge in [-0.1, -0.05) is 36.2 Å². The van der Waals surface area contributed by atoms with Crippen molar-refractivity contribution in [2.75, 3.05) is 13.1 Å². The molecule has 1 aliphatic rings. The first-order chi connectivity index (χ1) is 8.88. The van der Waals surface area contributed by atoms with Crippen molar-refractivity contribution >= 4 is 5.97 Å². The zero-order chi connectivity index (χ0) is 14.2. The summed E-state index contributed by atoms with van der Waals surface area (Å²) < 4.78 is 0. The van der Waals surface area contributed by atoms with Crippen LogP contribution in [0.25, 0.3) is 0 Å². The average Bonchev–Trinajstić information content (AvgIpc) is 2.69. The van der Waals surface area contributed by atoms with Gasteiger partial charge in [-0.3, -0.25) is 9.69 Å². The van der Waals surface area contributed by atoms with E-state index in [9.17, 15) is 9.90 Å². The molecule has 0 saturated carbocycles. The van der Waals surface area contributed by atoms with E-state index in [-0.39, 0.29) is 17.9 Å². The summed E-state index contributed by atoms with van der Waals surface area (Å²) in [7, 11) is 0. The topological polar surface area (TPSA) is 40.5 Å². The molecule has 2 rings (SSSR count). The Morgan fingerprint density at radius 2 is 1.84 bits per heavy atom. The molecule has 0 radical (unpaired) electrons. The molecule has 104 valence electrons. The lowest BCUT2D eigenvalue weighted by atomic mass is 9.99. The molecule has 0 bridgehead atoms. The maximum atomic E-state index is 11.2. The van der Waals surface area contributed by atoms with Gasteiger partial charge in [-0.15, -0.1) is 0 Å². The molecule has 1 N–H and O–H groups in total. The van der Waals surface area contributed by atoms with Gasteiger partial charge in [-0.25, -0.2) is 0 Å². The van der Waals surface area contributed by atoms with Crippen LogP contribution in [0.3, 0.4) is 0 Å². The van der Waals surface area contributed by atoms with Crippen molar-refractivity contribution in [1.29, 1.82) is 0 Å². The van der Waals surface area contributed by atoms with E-state index in [1.807, 2.05) is 6.92 Å². The van der Waals surface area contributed by atoms with Crippen molar-refractivity contribution < 1.29 is 9.90 Å². The molecule has 0 aromatic heterocycles.